The first-order valence-electron chi connectivity index (χ1n) is 7.20. The van der Waals surface area contributed by atoms with E-state index in [1.165, 1.54) is 24.0 Å². The highest BCUT2D eigenvalue weighted by atomic mass is 16.5. The van der Waals surface area contributed by atoms with E-state index in [0.717, 1.165) is 24.9 Å². The first-order chi connectivity index (χ1) is 9.11. The summed E-state index contributed by atoms with van der Waals surface area (Å²) in [6, 6.07) is 7.57. The summed E-state index contributed by atoms with van der Waals surface area (Å²) in [7, 11) is 3.96. The van der Waals surface area contributed by atoms with Crippen LogP contribution in [0.25, 0.3) is 0 Å². The van der Waals surface area contributed by atoms with Gasteiger partial charge in [-0.1, -0.05) is 12.1 Å². The molecule has 1 fully saturated rings. The number of benzene rings is 1. The van der Waals surface area contributed by atoms with E-state index in [1.807, 2.05) is 0 Å². The van der Waals surface area contributed by atoms with Crippen molar-refractivity contribution in [2.45, 2.75) is 38.8 Å². The topological polar surface area (TPSA) is 24.5 Å². The molecule has 0 aromatic heterocycles. The lowest BCUT2D eigenvalue weighted by atomic mass is 10.0. The van der Waals surface area contributed by atoms with Crippen LogP contribution in [0.3, 0.4) is 0 Å². The van der Waals surface area contributed by atoms with Gasteiger partial charge in [0.1, 0.15) is 5.75 Å². The Morgan fingerprint density at radius 1 is 1.42 bits per heavy atom. The summed E-state index contributed by atoms with van der Waals surface area (Å²) in [5, 5.41) is 3.58. The van der Waals surface area contributed by atoms with Crippen molar-refractivity contribution in [3.63, 3.8) is 0 Å². The molecule has 2 rings (SSSR count). The third-order valence-corrected chi connectivity index (χ3v) is 3.94. The van der Waals surface area contributed by atoms with Crippen molar-refractivity contribution in [1.29, 1.82) is 0 Å². The molecule has 0 bridgehead atoms. The monoisotopic (exact) mass is 262 g/mol. The minimum Gasteiger partial charge on any atom is -0.496 e. The van der Waals surface area contributed by atoms with Crippen LogP contribution in [0, 0.1) is 6.92 Å². The molecule has 3 heteroatoms. The summed E-state index contributed by atoms with van der Waals surface area (Å²) in [5.74, 6) is 0.982. The summed E-state index contributed by atoms with van der Waals surface area (Å²) in [5.41, 5.74) is 2.48. The maximum absolute atomic E-state index is 5.47. The summed E-state index contributed by atoms with van der Waals surface area (Å²) < 4.78 is 5.47. The van der Waals surface area contributed by atoms with Crippen LogP contribution in [0.1, 0.15) is 36.9 Å². The molecular formula is C16H26N2O. The SMILES string of the molecule is COc1cc(C)ccc1C(C)NCCN(C)C1CC1. The van der Waals surface area contributed by atoms with Crippen molar-refractivity contribution < 1.29 is 4.74 Å². The number of methoxy groups -OCH3 is 1. The first-order valence-corrected chi connectivity index (χ1v) is 7.20. The van der Waals surface area contributed by atoms with Crippen LogP contribution >= 0.6 is 0 Å². The fraction of sp³-hybridized carbons (Fsp3) is 0.625. The fourth-order valence-corrected chi connectivity index (χ4v) is 2.44. The second-order valence-electron chi connectivity index (χ2n) is 5.63. The number of hydrogen-bond donors (Lipinski definition) is 1. The predicted octanol–water partition coefficient (Wildman–Crippen LogP) is 2.75. The molecule has 0 spiro atoms. The summed E-state index contributed by atoms with van der Waals surface area (Å²) in [6.45, 7) is 6.42. The van der Waals surface area contributed by atoms with Crippen molar-refractivity contribution in [2.75, 3.05) is 27.2 Å². The van der Waals surface area contributed by atoms with Gasteiger partial charge >= 0.3 is 0 Å². The van der Waals surface area contributed by atoms with Gasteiger partial charge in [0.2, 0.25) is 0 Å². The van der Waals surface area contributed by atoms with Crippen LogP contribution in [0.5, 0.6) is 5.75 Å². The van der Waals surface area contributed by atoms with Gasteiger partial charge in [-0.05, 0) is 45.4 Å². The zero-order chi connectivity index (χ0) is 13.8. The number of hydrogen-bond acceptors (Lipinski definition) is 3. The lowest BCUT2D eigenvalue weighted by Crippen LogP contribution is -2.32. The van der Waals surface area contributed by atoms with E-state index >= 15 is 0 Å². The zero-order valence-corrected chi connectivity index (χ0v) is 12.6. The van der Waals surface area contributed by atoms with Crippen LogP contribution in [0.2, 0.25) is 0 Å². The first kappa shape index (κ1) is 14.4. The Morgan fingerprint density at radius 3 is 2.79 bits per heavy atom. The van der Waals surface area contributed by atoms with E-state index in [0.29, 0.717) is 6.04 Å². The summed E-state index contributed by atoms with van der Waals surface area (Å²) in [4.78, 5) is 2.45. The fourth-order valence-electron chi connectivity index (χ4n) is 2.44. The molecule has 1 N–H and O–H groups in total. The highest BCUT2D eigenvalue weighted by molar-refractivity contribution is 5.39. The standard InChI is InChI=1S/C16H26N2O/c1-12-5-8-15(16(11-12)19-4)13(2)17-9-10-18(3)14-6-7-14/h5,8,11,13-14,17H,6-7,9-10H2,1-4H3. The van der Waals surface area contributed by atoms with Gasteiger partial charge in [-0.2, -0.15) is 0 Å². The van der Waals surface area contributed by atoms with Gasteiger partial charge in [0.15, 0.2) is 0 Å². The minimum absolute atomic E-state index is 0.322. The average Bonchev–Trinajstić information content (AvgIpc) is 3.22. The highest BCUT2D eigenvalue weighted by Crippen LogP contribution is 2.26. The van der Waals surface area contributed by atoms with Gasteiger partial charge in [0.05, 0.1) is 7.11 Å². The van der Waals surface area contributed by atoms with Gasteiger partial charge in [-0.25, -0.2) is 0 Å². The zero-order valence-electron chi connectivity index (χ0n) is 12.6. The summed E-state index contributed by atoms with van der Waals surface area (Å²) in [6.07, 6.45) is 2.75. The van der Waals surface area contributed by atoms with Crippen molar-refractivity contribution in [1.82, 2.24) is 10.2 Å². The van der Waals surface area contributed by atoms with E-state index in [9.17, 15) is 0 Å². The van der Waals surface area contributed by atoms with E-state index < -0.39 is 0 Å². The molecular weight excluding hydrogens is 236 g/mol. The molecule has 0 amide bonds. The van der Waals surface area contributed by atoms with E-state index in [1.54, 1.807) is 7.11 Å². The quantitative estimate of drug-likeness (QED) is 0.818. The minimum atomic E-state index is 0.322. The Morgan fingerprint density at radius 2 is 2.16 bits per heavy atom. The molecule has 19 heavy (non-hydrogen) atoms. The van der Waals surface area contributed by atoms with Crippen LogP contribution in [0.4, 0.5) is 0 Å². The van der Waals surface area contributed by atoms with Crippen molar-refractivity contribution in [3.8, 4) is 5.75 Å². The Labute approximate surface area is 116 Å². The predicted molar refractivity (Wildman–Crippen MR) is 79.8 cm³/mol. The van der Waals surface area contributed by atoms with Crippen LogP contribution < -0.4 is 10.1 Å². The molecule has 1 aliphatic carbocycles. The largest absolute Gasteiger partial charge is 0.496 e. The Hall–Kier alpha value is -1.06. The molecule has 1 aliphatic rings. The van der Waals surface area contributed by atoms with Gasteiger partial charge < -0.3 is 15.0 Å². The molecule has 1 aromatic rings. The van der Waals surface area contributed by atoms with E-state index in [2.05, 4.69) is 49.3 Å². The highest BCUT2D eigenvalue weighted by Gasteiger charge is 2.25. The third kappa shape index (κ3) is 3.95. The molecule has 0 heterocycles. The molecule has 0 radical (unpaired) electrons. The smallest absolute Gasteiger partial charge is 0.123 e. The Kier molecular flexibility index (Phi) is 4.83. The second-order valence-corrected chi connectivity index (χ2v) is 5.63. The molecule has 1 aromatic carbocycles. The number of aryl methyl sites for hydroxylation is 1. The Bertz CT molecular complexity index is 415. The van der Waals surface area contributed by atoms with Crippen LogP contribution in [0.15, 0.2) is 18.2 Å². The molecule has 1 saturated carbocycles. The lowest BCUT2D eigenvalue weighted by molar-refractivity contribution is 0.315. The van der Waals surface area contributed by atoms with Gasteiger partial charge in [-0.3, -0.25) is 0 Å². The molecule has 1 unspecified atom stereocenters. The molecule has 3 nitrogen and oxygen atoms in total. The van der Waals surface area contributed by atoms with E-state index in [4.69, 9.17) is 4.74 Å². The summed E-state index contributed by atoms with van der Waals surface area (Å²) >= 11 is 0. The molecule has 0 saturated heterocycles. The van der Waals surface area contributed by atoms with Gasteiger partial charge in [0.25, 0.3) is 0 Å². The van der Waals surface area contributed by atoms with Crippen molar-refractivity contribution in [3.05, 3.63) is 29.3 Å². The number of rotatable bonds is 7. The van der Waals surface area contributed by atoms with Crippen molar-refractivity contribution >= 4 is 0 Å². The normalized spacial score (nSPS) is 16.7. The molecule has 106 valence electrons. The third-order valence-electron chi connectivity index (χ3n) is 3.94. The molecule has 1 atom stereocenters. The van der Waals surface area contributed by atoms with E-state index in [-0.39, 0.29) is 0 Å². The van der Waals surface area contributed by atoms with Gasteiger partial charge in [0, 0.05) is 30.7 Å². The number of nitrogens with zero attached hydrogens (tertiary/aromatic N) is 1. The number of nitrogens with one attached hydrogen (secondary N) is 1. The second kappa shape index (κ2) is 6.40. The van der Waals surface area contributed by atoms with Crippen LogP contribution in [-0.2, 0) is 0 Å². The number of ether oxygens (including phenoxy) is 1. The molecule has 0 aliphatic heterocycles. The maximum Gasteiger partial charge on any atom is 0.123 e. The Balaban J connectivity index is 1.86. The maximum atomic E-state index is 5.47. The van der Waals surface area contributed by atoms with Crippen LogP contribution in [-0.4, -0.2) is 38.2 Å². The average molecular weight is 262 g/mol. The van der Waals surface area contributed by atoms with Gasteiger partial charge in [-0.15, -0.1) is 0 Å². The van der Waals surface area contributed by atoms with Crippen molar-refractivity contribution in [2.24, 2.45) is 0 Å². The lowest BCUT2D eigenvalue weighted by Gasteiger charge is -2.20. The number of likely N-dealkylation sites (N-methyl/N-ethyl adjacent to an activating group) is 1.